The van der Waals surface area contributed by atoms with Crippen molar-refractivity contribution in [3.05, 3.63) is 11.4 Å². The van der Waals surface area contributed by atoms with E-state index in [9.17, 15) is 0 Å². The van der Waals surface area contributed by atoms with Crippen molar-refractivity contribution in [2.24, 2.45) is 0 Å². The van der Waals surface area contributed by atoms with Crippen molar-refractivity contribution in [1.29, 1.82) is 0 Å². The minimum absolute atomic E-state index is 0.648. The lowest BCUT2D eigenvalue weighted by Crippen LogP contribution is -2.08. The van der Waals surface area contributed by atoms with Crippen molar-refractivity contribution < 1.29 is 9.47 Å². The lowest BCUT2D eigenvalue weighted by molar-refractivity contribution is 0.0691. The van der Waals surface area contributed by atoms with E-state index in [0.717, 1.165) is 42.0 Å². The average molecular weight is 310 g/mol. The van der Waals surface area contributed by atoms with Gasteiger partial charge in [0.05, 0.1) is 18.6 Å². The zero-order valence-electron chi connectivity index (χ0n) is 12.5. The monoisotopic (exact) mass is 310 g/mol. The highest BCUT2D eigenvalue weighted by molar-refractivity contribution is 7.16. The molecule has 0 aromatic carbocycles. The standard InChI is InChI=1S/C14H22N4O2S/c1-15-14-17-12(11-5-10-21-13(11)18-14)16-6-3-4-7-20-9-8-19-2/h5,10H,3-4,6-9H2,1-2H3,(H2,15,16,17,18). The van der Waals surface area contributed by atoms with Crippen LogP contribution in [0.25, 0.3) is 10.2 Å². The third kappa shape index (κ3) is 4.80. The van der Waals surface area contributed by atoms with E-state index in [-0.39, 0.29) is 0 Å². The van der Waals surface area contributed by atoms with Gasteiger partial charge in [-0.05, 0) is 24.3 Å². The summed E-state index contributed by atoms with van der Waals surface area (Å²) in [6.07, 6.45) is 2.06. The second-order valence-electron chi connectivity index (χ2n) is 4.52. The molecule has 0 bridgehead atoms. The molecule has 0 atom stereocenters. The Morgan fingerprint density at radius 1 is 1.19 bits per heavy atom. The smallest absolute Gasteiger partial charge is 0.225 e. The maximum atomic E-state index is 5.43. The van der Waals surface area contributed by atoms with E-state index in [1.54, 1.807) is 18.4 Å². The minimum Gasteiger partial charge on any atom is -0.382 e. The van der Waals surface area contributed by atoms with Gasteiger partial charge >= 0.3 is 0 Å². The summed E-state index contributed by atoms with van der Waals surface area (Å²) >= 11 is 1.62. The van der Waals surface area contributed by atoms with Gasteiger partial charge in [0.15, 0.2) is 0 Å². The molecule has 0 unspecified atom stereocenters. The Labute approximate surface area is 128 Å². The van der Waals surface area contributed by atoms with Crippen LogP contribution in [-0.2, 0) is 9.47 Å². The van der Waals surface area contributed by atoms with Crippen LogP contribution in [0.5, 0.6) is 0 Å². The summed E-state index contributed by atoms with van der Waals surface area (Å²) < 4.78 is 10.4. The largest absolute Gasteiger partial charge is 0.382 e. The van der Waals surface area contributed by atoms with Gasteiger partial charge in [0.25, 0.3) is 0 Å². The Bertz CT molecular complexity index is 547. The van der Waals surface area contributed by atoms with Gasteiger partial charge in [-0.1, -0.05) is 0 Å². The molecule has 0 aliphatic rings. The average Bonchev–Trinajstić information content (AvgIpc) is 2.98. The number of hydrogen-bond acceptors (Lipinski definition) is 7. The highest BCUT2D eigenvalue weighted by Crippen LogP contribution is 2.26. The number of unbranched alkanes of at least 4 members (excludes halogenated alkanes) is 1. The maximum Gasteiger partial charge on any atom is 0.225 e. The molecule has 116 valence electrons. The predicted molar refractivity (Wildman–Crippen MR) is 87.4 cm³/mol. The number of hydrogen-bond donors (Lipinski definition) is 2. The molecule has 2 aromatic rings. The number of ether oxygens (including phenoxy) is 2. The van der Waals surface area contributed by atoms with Gasteiger partial charge in [0, 0.05) is 27.3 Å². The number of rotatable bonds is 10. The predicted octanol–water partition coefficient (Wildman–Crippen LogP) is 2.59. The molecule has 21 heavy (non-hydrogen) atoms. The minimum atomic E-state index is 0.648. The summed E-state index contributed by atoms with van der Waals surface area (Å²) in [7, 11) is 3.51. The van der Waals surface area contributed by atoms with E-state index in [4.69, 9.17) is 9.47 Å². The molecule has 0 radical (unpaired) electrons. The summed E-state index contributed by atoms with van der Waals surface area (Å²) in [6, 6.07) is 2.05. The fraction of sp³-hybridized carbons (Fsp3) is 0.571. The van der Waals surface area contributed by atoms with Gasteiger partial charge in [-0.15, -0.1) is 11.3 Å². The zero-order valence-corrected chi connectivity index (χ0v) is 13.3. The van der Waals surface area contributed by atoms with E-state index < -0.39 is 0 Å². The number of fused-ring (bicyclic) bond motifs is 1. The molecule has 6 nitrogen and oxygen atoms in total. The molecule has 0 saturated carbocycles. The molecule has 2 rings (SSSR count). The quantitative estimate of drug-likeness (QED) is 0.657. The first-order valence-corrected chi connectivity index (χ1v) is 7.96. The van der Waals surface area contributed by atoms with Crippen LogP contribution in [0.2, 0.25) is 0 Å². The van der Waals surface area contributed by atoms with Crippen molar-refractivity contribution in [3.63, 3.8) is 0 Å². The number of nitrogens with zero attached hydrogens (tertiary/aromatic N) is 2. The maximum absolute atomic E-state index is 5.43. The molecule has 0 saturated heterocycles. The number of thiophene rings is 1. The van der Waals surface area contributed by atoms with Crippen LogP contribution in [-0.4, -0.2) is 50.5 Å². The molecule has 0 fully saturated rings. The third-order valence-electron chi connectivity index (χ3n) is 2.99. The van der Waals surface area contributed by atoms with Crippen LogP contribution in [0.3, 0.4) is 0 Å². The Morgan fingerprint density at radius 2 is 2.10 bits per heavy atom. The van der Waals surface area contributed by atoms with Crippen LogP contribution in [0.1, 0.15) is 12.8 Å². The van der Waals surface area contributed by atoms with Crippen molar-refractivity contribution in [2.75, 3.05) is 51.2 Å². The molecule has 2 aromatic heterocycles. The molecule has 0 aliphatic carbocycles. The Morgan fingerprint density at radius 3 is 2.90 bits per heavy atom. The second-order valence-corrected chi connectivity index (χ2v) is 5.42. The van der Waals surface area contributed by atoms with E-state index in [1.807, 2.05) is 12.4 Å². The van der Waals surface area contributed by atoms with Gasteiger partial charge in [0.2, 0.25) is 5.95 Å². The third-order valence-corrected chi connectivity index (χ3v) is 3.79. The van der Waals surface area contributed by atoms with Gasteiger partial charge in [0.1, 0.15) is 10.6 Å². The van der Waals surface area contributed by atoms with Crippen LogP contribution in [0.15, 0.2) is 11.4 Å². The van der Waals surface area contributed by atoms with Gasteiger partial charge in [-0.2, -0.15) is 4.98 Å². The molecule has 2 N–H and O–H groups in total. The molecule has 0 amide bonds. The first kappa shape index (κ1) is 15.9. The zero-order chi connectivity index (χ0) is 14.9. The van der Waals surface area contributed by atoms with E-state index in [2.05, 4.69) is 26.7 Å². The number of anilines is 2. The summed E-state index contributed by atoms with van der Waals surface area (Å²) in [4.78, 5) is 9.90. The van der Waals surface area contributed by atoms with Gasteiger partial charge in [-0.3, -0.25) is 0 Å². The summed E-state index contributed by atoms with van der Waals surface area (Å²) in [5.41, 5.74) is 0. The van der Waals surface area contributed by atoms with Crippen LogP contribution < -0.4 is 10.6 Å². The first-order chi connectivity index (χ1) is 10.3. The van der Waals surface area contributed by atoms with Crippen LogP contribution >= 0.6 is 11.3 Å². The summed E-state index contributed by atoms with van der Waals surface area (Å²) in [5.74, 6) is 1.54. The number of nitrogens with one attached hydrogen (secondary N) is 2. The molecule has 0 aliphatic heterocycles. The number of aromatic nitrogens is 2. The molecule has 0 spiro atoms. The summed E-state index contributed by atoms with van der Waals surface area (Å²) in [5, 5.41) is 9.49. The van der Waals surface area contributed by atoms with Crippen LogP contribution in [0, 0.1) is 0 Å². The molecular weight excluding hydrogens is 288 g/mol. The fourth-order valence-electron chi connectivity index (χ4n) is 1.88. The van der Waals surface area contributed by atoms with Crippen molar-refractivity contribution in [1.82, 2.24) is 9.97 Å². The van der Waals surface area contributed by atoms with Crippen molar-refractivity contribution >= 4 is 33.3 Å². The first-order valence-electron chi connectivity index (χ1n) is 7.08. The van der Waals surface area contributed by atoms with Crippen molar-refractivity contribution in [2.45, 2.75) is 12.8 Å². The Hall–Kier alpha value is -1.44. The highest BCUT2D eigenvalue weighted by atomic mass is 32.1. The molecule has 2 heterocycles. The Kier molecular flexibility index (Phi) is 6.65. The molecule has 7 heteroatoms. The summed E-state index contributed by atoms with van der Waals surface area (Å²) in [6.45, 7) is 2.96. The lowest BCUT2D eigenvalue weighted by atomic mass is 10.3. The molecular formula is C14H22N4O2S. The van der Waals surface area contributed by atoms with E-state index >= 15 is 0 Å². The van der Waals surface area contributed by atoms with Crippen molar-refractivity contribution in [3.8, 4) is 0 Å². The SMILES string of the molecule is CNc1nc(NCCCCOCCOC)c2ccsc2n1. The van der Waals surface area contributed by atoms with Gasteiger partial charge < -0.3 is 20.1 Å². The normalized spacial score (nSPS) is 11.0. The Balaban J connectivity index is 1.76. The van der Waals surface area contributed by atoms with Gasteiger partial charge in [-0.25, -0.2) is 4.98 Å². The highest BCUT2D eigenvalue weighted by Gasteiger charge is 2.07. The van der Waals surface area contributed by atoms with E-state index in [0.29, 0.717) is 19.2 Å². The van der Waals surface area contributed by atoms with E-state index in [1.165, 1.54) is 0 Å². The van der Waals surface area contributed by atoms with Crippen LogP contribution in [0.4, 0.5) is 11.8 Å². The fourth-order valence-corrected chi connectivity index (χ4v) is 2.65. The topological polar surface area (TPSA) is 68.3 Å². The number of methoxy groups -OCH3 is 1. The lowest BCUT2D eigenvalue weighted by Gasteiger charge is -2.08. The second kappa shape index (κ2) is 8.76.